The van der Waals surface area contributed by atoms with Crippen molar-refractivity contribution in [3.05, 3.63) is 24.0 Å². The van der Waals surface area contributed by atoms with Gasteiger partial charge in [0.2, 0.25) is 0 Å². The average molecular weight is 289 g/mol. The molecule has 0 aliphatic heterocycles. The van der Waals surface area contributed by atoms with Crippen molar-refractivity contribution >= 4 is 5.69 Å². The van der Waals surface area contributed by atoms with Gasteiger partial charge in [0.05, 0.1) is 0 Å². The third-order valence-corrected chi connectivity index (χ3v) is 4.60. The van der Waals surface area contributed by atoms with Gasteiger partial charge in [0, 0.05) is 48.8 Å². The van der Waals surface area contributed by atoms with Crippen molar-refractivity contribution in [3.63, 3.8) is 0 Å². The van der Waals surface area contributed by atoms with Crippen LogP contribution in [0.5, 0.6) is 0 Å². The number of nitrogens with zero attached hydrogens (tertiary/aromatic N) is 2. The van der Waals surface area contributed by atoms with E-state index in [0.29, 0.717) is 6.04 Å². The molecule has 1 fully saturated rings. The number of anilines is 1. The maximum absolute atomic E-state index is 4.32. The van der Waals surface area contributed by atoms with Crippen molar-refractivity contribution in [2.45, 2.75) is 71.5 Å². The molecule has 21 heavy (non-hydrogen) atoms. The van der Waals surface area contributed by atoms with Crippen LogP contribution in [0.2, 0.25) is 0 Å². The third kappa shape index (κ3) is 4.70. The van der Waals surface area contributed by atoms with Gasteiger partial charge in [0.25, 0.3) is 0 Å². The maximum Gasteiger partial charge on any atom is 0.0442 e. The minimum Gasteiger partial charge on any atom is -0.371 e. The molecule has 0 spiro atoms. The van der Waals surface area contributed by atoms with Crippen molar-refractivity contribution in [3.8, 4) is 0 Å². The fourth-order valence-electron chi connectivity index (χ4n) is 3.09. The summed E-state index contributed by atoms with van der Waals surface area (Å²) in [5.74, 6) is 0.897. The second-order valence-electron chi connectivity index (χ2n) is 7.63. The monoisotopic (exact) mass is 289 g/mol. The largest absolute Gasteiger partial charge is 0.371 e. The van der Waals surface area contributed by atoms with Gasteiger partial charge in [-0.1, -0.05) is 6.92 Å². The van der Waals surface area contributed by atoms with Crippen LogP contribution in [0.15, 0.2) is 18.5 Å². The molecule has 1 heterocycles. The highest BCUT2D eigenvalue weighted by molar-refractivity contribution is 5.52. The first-order valence-corrected chi connectivity index (χ1v) is 8.27. The molecule has 0 saturated heterocycles. The minimum absolute atomic E-state index is 0.131. The SMILES string of the molecule is CC1CCC(N(C)c2ccncc2CNC(C)(C)C)CC1. The smallest absolute Gasteiger partial charge is 0.0442 e. The summed E-state index contributed by atoms with van der Waals surface area (Å²) in [4.78, 5) is 6.80. The van der Waals surface area contributed by atoms with Crippen LogP contribution in [0.3, 0.4) is 0 Å². The van der Waals surface area contributed by atoms with Crippen LogP contribution < -0.4 is 10.2 Å². The van der Waals surface area contributed by atoms with Gasteiger partial charge in [-0.3, -0.25) is 4.98 Å². The molecule has 0 bridgehead atoms. The van der Waals surface area contributed by atoms with Crippen molar-refractivity contribution in [2.75, 3.05) is 11.9 Å². The zero-order valence-corrected chi connectivity index (χ0v) is 14.3. The maximum atomic E-state index is 4.32. The zero-order chi connectivity index (χ0) is 15.5. The van der Waals surface area contributed by atoms with Crippen molar-refractivity contribution < 1.29 is 0 Å². The lowest BCUT2D eigenvalue weighted by molar-refractivity contribution is 0.340. The highest BCUT2D eigenvalue weighted by Gasteiger charge is 2.23. The first kappa shape index (κ1) is 16.3. The molecule has 118 valence electrons. The van der Waals surface area contributed by atoms with Crippen LogP contribution in [-0.2, 0) is 6.54 Å². The van der Waals surface area contributed by atoms with E-state index in [1.54, 1.807) is 0 Å². The molecule has 1 aliphatic carbocycles. The van der Waals surface area contributed by atoms with E-state index < -0.39 is 0 Å². The molecular weight excluding hydrogens is 258 g/mol. The molecule has 2 rings (SSSR count). The van der Waals surface area contributed by atoms with Crippen LogP contribution in [0, 0.1) is 5.92 Å². The summed E-state index contributed by atoms with van der Waals surface area (Å²) in [7, 11) is 2.25. The minimum atomic E-state index is 0.131. The standard InChI is InChI=1S/C18H31N3/c1-14-6-8-16(9-7-14)21(5)17-10-11-19-12-15(17)13-20-18(2,3)4/h10-12,14,16,20H,6-9,13H2,1-5H3. The highest BCUT2D eigenvalue weighted by atomic mass is 15.1. The van der Waals surface area contributed by atoms with Gasteiger partial charge in [-0.05, 0) is 58.4 Å². The second-order valence-corrected chi connectivity index (χ2v) is 7.63. The molecule has 3 heteroatoms. The summed E-state index contributed by atoms with van der Waals surface area (Å²) >= 11 is 0. The van der Waals surface area contributed by atoms with Gasteiger partial charge in [-0.15, -0.1) is 0 Å². The fourth-order valence-corrected chi connectivity index (χ4v) is 3.09. The Morgan fingerprint density at radius 1 is 1.24 bits per heavy atom. The molecule has 0 aromatic carbocycles. The van der Waals surface area contributed by atoms with Crippen LogP contribution in [0.4, 0.5) is 5.69 Å². The molecular formula is C18H31N3. The number of hydrogen-bond donors (Lipinski definition) is 1. The molecule has 0 amide bonds. The topological polar surface area (TPSA) is 28.2 Å². The quantitative estimate of drug-likeness (QED) is 0.908. The van der Waals surface area contributed by atoms with Gasteiger partial charge in [0.15, 0.2) is 0 Å². The van der Waals surface area contributed by atoms with Gasteiger partial charge >= 0.3 is 0 Å². The van der Waals surface area contributed by atoms with Crippen molar-refractivity contribution in [1.29, 1.82) is 0 Å². The van der Waals surface area contributed by atoms with E-state index in [2.05, 4.69) is 56.0 Å². The number of nitrogens with one attached hydrogen (secondary N) is 1. The molecule has 1 aliphatic rings. The Labute approximate surface area is 130 Å². The summed E-state index contributed by atoms with van der Waals surface area (Å²) in [6.45, 7) is 9.86. The Morgan fingerprint density at radius 2 is 1.90 bits per heavy atom. The van der Waals surface area contributed by atoms with Crippen LogP contribution in [-0.4, -0.2) is 23.6 Å². The van der Waals surface area contributed by atoms with E-state index in [1.165, 1.54) is 36.9 Å². The van der Waals surface area contributed by atoms with Crippen LogP contribution in [0.1, 0.15) is 58.9 Å². The second kappa shape index (κ2) is 6.78. The Balaban J connectivity index is 2.08. The first-order valence-electron chi connectivity index (χ1n) is 8.27. The number of hydrogen-bond acceptors (Lipinski definition) is 3. The third-order valence-electron chi connectivity index (χ3n) is 4.60. The number of rotatable bonds is 4. The van der Waals surface area contributed by atoms with Gasteiger partial charge in [0.1, 0.15) is 0 Å². The Kier molecular flexibility index (Phi) is 5.26. The molecule has 1 aromatic rings. The van der Waals surface area contributed by atoms with Gasteiger partial charge < -0.3 is 10.2 Å². The summed E-state index contributed by atoms with van der Waals surface area (Å²) < 4.78 is 0. The van der Waals surface area contributed by atoms with E-state index >= 15 is 0 Å². The summed E-state index contributed by atoms with van der Waals surface area (Å²) in [6, 6.07) is 2.84. The Morgan fingerprint density at radius 3 is 2.52 bits per heavy atom. The van der Waals surface area contributed by atoms with Crippen molar-refractivity contribution in [2.24, 2.45) is 5.92 Å². The van der Waals surface area contributed by atoms with E-state index in [1.807, 2.05) is 12.4 Å². The lowest BCUT2D eigenvalue weighted by Gasteiger charge is -2.36. The van der Waals surface area contributed by atoms with E-state index in [9.17, 15) is 0 Å². The van der Waals surface area contributed by atoms with Gasteiger partial charge in [-0.25, -0.2) is 0 Å². The molecule has 1 N–H and O–H groups in total. The molecule has 0 unspecified atom stereocenters. The summed E-state index contributed by atoms with van der Waals surface area (Å²) in [6.07, 6.45) is 9.26. The first-order chi connectivity index (χ1) is 9.87. The summed E-state index contributed by atoms with van der Waals surface area (Å²) in [5.41, 5.74) is 2.77. The Bertz CT molecular complexity index is 442. The van der Waals surface area contributed by atoms with E-state index in [4.69, 9.17) is 0 Å². The molecule has 3 nitrogen and oxygen atoms in total. The lowest BCUT2D eigenvalue weighted by Crippen LogP contribution is -2.38. The molecule has 1 saturated carbocycles. The van der Waals surface area contributed by atoms with Crippen LogP contribution in [0.25, 0.3) is 0 Å². The lowest BCUT2D eigenvalue weighted by atomic mass is 9.86. The van der Waals surface area contributed by atoms with E-state index in [0.717, 1.165) is 12.5 Å². The number of aromatic nitrogens is 1. The molecule has 1 aromatic heterocycles. The predicted octanol–water partition coefficient (Wildman–Crippen LogP) is 3.98. The normalized spacial score (nSPS) is 23.1. The highest BCUT2D eigenvalue weighted by Crippen LogP contribution is 2.30. The Hall–Kier alpha value is -1.09. The predicted molar refractivity (Wildman–Crippen MR) is 90.7 cm³/mol. The van der Waals surface area contributed by atoms with Crippen LogP contribution >= 0.6 is 0 Å². The van der Waals surface area contributed by atoms with Crippen molar-refractivity contribution in [1.82, 2.24) is 10.3 Å². The van der Waals surface area contributed by atoms with E-state index in [-0.39, 0.29) is 5.54 Å². The van der Waals surface area contributed by atoms with Gasteiger partial charge in [-0.2, -0.15) is 0 Å². The number of pyridine rings is 1. The summed E-state index contributed by atoms with van der Waals surface area (Å²) in [5, 5.41) is 3.58. The fraction of sp³-hybridized carbons (Fsp3) is 0.722. The average Bonchev–Trinajstić information content (AvgIpc) is 2.45. The molecule has 0 atom stereocenters. The zero-order valence-electron chi connectivity index (χ0n) is 14.3. The molecule has 0 radical (unpaired) electrons.